The summed E-state index contributed by atoms with van der Waals surface area (Å²) in [6.07, 6.45) is 2.83. The number of amides is 1. The third-order valence-electron chi connectivity index (χ3n) is 7.22. The number of rotatable bonds is 5. The van der Waals surface area contributed by atoms with Gasteiger partial charge in [0, 0.05) is 58.3 Å². The number of nitrogens with zero attached hydrogens (tertiary/aromatic N) is 7. The first kappa shape index (κ1) is 32.1. The number of methoxy groups -OCH3 is 1. The van der Waals surface area contributed by atoms with Crippen molar-refractivity contribution in [1.82, 2.24) is 24.7 Å². The van der Waals surface area contributed by atoms with E-state index in [0.29, 0.717) is 50.8 Å². The molecule has 0 radical (unpaired) electrons. The third-order valence-corrected chi connectivity index (χ3v) is 7.52. The molecule has 5 rings (SSSR count). The fourth-order valence-electron chi connectivity index (χ4n) is 5.03. The van der Waals surface area contributed by atoms with Crippen LogP contribution in [0.1, 0.15) is 42.1 Å². The number of hydrogen-bond acceptors (Lipinski definition) is 9. The highest BCUT2D eigenvalue weighted by Gasteiger charge is 2.31. The summed E-state index contributed by atoms with van der Waals surface area (Å²) < 4.78 is 18.5. The van der Waals surface area contributed by atoms with E-state index in [0.717, 1.165) is 28.2 Å². The van der Waals surface area contributed by atoms with Crippen LogP contribution >= 0.6 is 11.6 Å². The largest absolute Gasteiger partial charge is 0.506 e. The summed E-state index contributed by atoms with van der Waals surface area (Å²) in [5, 5.41) is 17.7. The summed E-state index contributed by atoms with van der Waals surface area (Å²) in [5.74, 6) is -0.768. The minimum atomic E-state index is -0.942. The van der Waals surface area contributed by atoms with Gasteiger partial charge in [0.05, 0.1) is 23.9 Å². The number of nitriles is 1. The van der Waals surface area contributed by atoms with Crippen molar-refractivity contribution in [3.63, 3.8) is 0 Å². The van der Waals surface area contributed by atoms with Crippen molar-refractivity contribution in [2.75, 3.05) is 58.3 Å². The molecule has 222 valence electrons. The first-order chi connectivity index (χ1) is 19.6. The van der Waals surface area contributed by atoms with E-state index in [1.54, 1.807) is 18.2 Å². The van der Waals surface area contributed by atoms with Crippen LogP contribution in [0.3, 0.4) is 0 Å². The van der Waals surface area contributed by atoms with Crippen molar-refractivity contribution < 1.29 is 19.0 Å². The van der Waals surface area contributed by atoms with Crippen LogP contribution in [-0.4, -0.2) is 89.1 Å². The molecule has 1 N–H and O–H groups in total. The summed E-state index contributed by atoms with van der Waals surface area (Å²) in [6, 6.07) is 5.50. The number of anilines is 1. The van der Waals surface area contributed by atoms with Crippen molar-refractivity contribution in [3.05, 3.63) is 51.9 Å². The Labute approximate surface area is 246 Å². The lowest BCUT2D eigenvalue weighted by molar-refractivity contribution is -0.128. The maximum atomic E-state index is 13.2. The van der Waals surface area contributed by atoms with Gasteiger partial charge in [-0.25, -0.2) is 4.39 Å². The van der Waals surface area contributed by atoms with Crippen molar-refractivity contribution in [2.24, 2.45) is 0 Å². The summed E-state index contributed by atoms with van der Waals surface area (Å²) in [7, 11) is 3.70. The smallest absolute Gasteiger partial charge is 0.318 e. The van der Waals surface area contributed by atoms with Crippen LogP contribution in [0.2, 0.25) is 5.02 Å². The number of aromatic nitrogens is 2. The molecule has 3 aliphatic rings. The van der Waals surface area contributed by atoms with E-state index in [1.807, 2.05) is 6.92 Å². The first-order valence-electron chi connectivity index (χ1n) is 13.6. The number of hydrogen-bond donors (Lipinski definition) is 1. The van der Waals surface area contributed by atoms with Crippen molar-refractivity contribution in [2.45, 2.75) is 46.3 Å². The fraction of sp³-hybridized carbons (Fsp3) is 0.517. The topological polar surface area (TPSA) is 109 Å². The molecule has 0 atom stereocenters. The molecule has 4 heterocycles. The lowest BCUT2D eigenvalue weighted by atomic mass is 10.1. The number of likely N-dealkylation sites (tertiary alicyclic amines) is 1. The number of benzene rings is 1. The number of phenols is 1. The molecule has 0 unspecified atom stereocenters. The van der Waals surface area contributed by atoms with Crippen LogP contribution < -0.4 is 9.64 Å². The highest BCUT2D eigenvalue weighted by Crippen LogP contribution is 2.34. The number of fused-ring (bicyclic) bond motifs is 1. The maximum Gasteiger partial charge on any atom is 0.318 e. The van der Waals surface area contributed by atoms with Gasteiger partial charge >= 0.3 is 6.01 Å². The average molecular weight is 588 g/mol. The summed E-state index contributed by atoms with van der Waals surface area (Å²) >= 11 is 6.01. The second kappa shape index (κ2) is 15.0. The lowest BCUT2D eigenvalue weighted by Gasteiger charge is -2.35. The summed E-state index contributed by atoms with van der Waals surface area (Å²) in [5.41, 5.74) is 3.89. The van der Waals surface area contributed by atoms with Gasteiger partial charge in [-0.2, -0.15) is 15.2 Å². The van der Waals surface area contributed by atoms with E-state index in [1.165, 1.54) is 44.9 Å². The van der Waals surface area contributed by atoms with Gasteiger partial charge in [0.1, 0.15) is 11.6 Å². The molecule has 1 aromatic carbocycles. The van der Waals surface area contributed by atoms with Crippen LogP contribution in [0.15, 0.2) is 24.5 Å². The Morgan fingerprint density at radius 3 is 2.34 bits per heavy atom. The van der Waals surface area contributed by atoms with Gasteiger partial charge in [0.2, 0.25) is 0 Å². The third kappa shape index (κ3) is 8.52. The standard InChI is InChI=1S/C22H25ClFN5O3.C5H11N.C2H3N/c1-13-8-17(23)19(30)9-15(13)10-27-11-16-18(12-27)25-22(32-3)26-20(16)28-4-6-29(7-5-28)21(31)14(2)24;1-6-4-2-3-5-6;1-2-3/h8-9,30H,2,4-7,10-12H2,1,3H3;2-5H2,1H3;1H3. The molecule has 0 bridgehead atoms. The molecule has 10 nitrogen and oxygen atoms in total. The normalized spacial score (nSPS) is 16.6. The molecule has 0 spiro atoms. The molecule has 1 aromatic heterocycles. The fourth-order valence-corrected chi connectivity index (χ4v) is 5.25. The molecule has 3 aliphatic heterocycles. The molecule has 2 aromatic rings. The van der Waals surface area contributed by atoms with E-state index in [9.17, 15) is 14.3 Å². The Bertz CT molecular complexity index is 1270. The van der Waals surface area contributed by atoms with Crippen molar-refractivity contribution in [3.8, 4) is 17.8 Å². The zero-order chi connectivity index (χ0) is 30.1. The minimum absolute atomic E-state index is 0.0644. The molecule has 0 saturated carbocycles. The Kier molecular flexibility index (Phi) is 11.7. The predicted octanol–water partition coefficient (Wildman–Crippen LogP) is 4.04. The maximum absolute atomic E-state index is 13.2. The average Bonchev–Trinajstić information content (AvgIpc) is 3.60. The highest BCUT2D eigenvalue weighted by molar-refractivity contribution is 6.32. The zero-order valence-electron chi connectivity index (χ0n) is 24.3. The Morgan fingerprint density at radius 2 is 1.80 bits per heavy atom. The predicted molar refractivity (Wildman–Crippen MR) is 156 cm³/mol. The van der Waals surface area contributed by atoms with E-state index >= 15 is 0 Å². The second-order valence-corrected chi connectivity index (χ2v) is 10.7. The van der Waals surface area contributed by atoms with Crippen molar-refractivity contribution >= 4 is 23.3 Å². The van der Waals surface area contributed by atoms with Crippen LogP contribution in [0.25, 0.3) is 0 Å². The number of carbonyl (C=O) groups is 1. The molecule has 12 heteroatoms. The summed E-state index contributed by atoms with van der Waals surface area (Å²) in [4.78, 5) is 29.1. The number of phenolic OH excluding ortho intramolecular Hbond substituents is 1. The zero-order valence-corrected chi connectivity index (χ0v) is 25.0. The quantitative estimate of drug-likeness (QED) is 0.518. The van der Waals surface area contributed by atoms with Gasteiger partial charge in [0.15, 0.2) is 5.83 Å². The molecule has 41 heavy (non-hydrogen) atoms. The second-order valence-electron chi connectivity index (χ2n) is 10.3. The van der Waals surface area contributed by atoms with Gasteiger partial charge < -0.3 is 24.5 Å². The summed E-state index contributed by atoms with van der Waals surface area (Å²) in [6.45, 7) is 12.8. The van der Waals surface area contributed by atoms with Crippen molar-refractivity contribution in [1.29, 1.82) is 5.26 Å². The van der Waals surface area contributed by atoms with E-state index in [-0.39, 0.29) is 11.8 Å². The van der Waals surface area contributed by atoms with Gasteiger partial charge in [-0.15, -0.1) is 0 Å². The van der Waals surface area contributed by atoms with Crippen LogP contribution in [0, 0.1) is 18.3 Å². The van der Waals surface area contributed by atoms with Gasteiger partial charge in [0.25, 0.3) is 5.91 Å². The molecular formula is C29H39ClFN7O3. The van der Waals surface area contributed by atoms with Crippen LogP contribution in [0.5, 0.6) is 11.8 Å². The lowest BCUT2D eigenvalue weighted by Crippen LogP contribution is -2.49. The molecule has 0 aliphatic carbocycles. The Hall–Kier alpha value is -3.46. The Morgan fingerprint density at radius 1 is 1.17 bits per heavy atom. The molecule has 2 fully saturated rings. The number of aromatic hydroxyl groups is 1. The van der Waals surface area contributed by atoms with Crippen LogP contribution in [0.4, 0.5) is 10.2 Å². The molecule has 2 saturated heterocycles. The van der Waals surface area contributed by atoms with Crippen LogP contribution in [-0.2, 0) is 24.4 Å². The monoisotopic (exact) mass is 587 g/mol. The number of piperazine rings is 1. The first-order valence-corrected chi connectivity index (χ1v) is 14.0. The number of aryl methyl sites for hydroxylation is 1. The van der Waals surface area contributed by atoms with E-state index in [4.69, 9.17) is 21.6 Å². The van der Waals surface area contributed by atoms with Gasteiger partial charge in [-0.05, 0) is 63.2 Å². The van der Waals surface area contributed by atoms with Gasteiger partial charge in [-0.3, -0.25) is 9.69 Å². The number of carbonyl (C=O) groups excluding carboxylic acids is 1. The number of ether oxygens (including phenoxy) is 1. The SMILES string of the molecule is C=C(F)C(=O)N1CCN(c2nc(OC)nc3c2CN(Cc2cc(O)c(Cl)cc2C)C3)CC1.CC#N.CN1CCCC1. The Balaban J connectivity index is 0.000000442. The molecule has 1 amide bonds. The molecular weight excluding hydrogens is 549 g/mol. The number of halogens is 2. The van der Waals surface area contributed by atoms with E-state index < -0.39 is 11.7 Å². The minimum Gasteiger partial charge on any atom is -0.506 e. The van der Waals surface area contributed by atoms with Gasteiger partial charge in [-0.1, -0.05) is 18.2 Å². The highest BCUT2D eigenvalue weighted by atomic mass is 35.5. The van der Waals surface area contributed by atoms with E-state index in [2.05, 4.69) is 38.3 Å².